The average molecular weight is 535 g/mol. The standard InChI is InChI=1S/C30H35ClN4O3/c1-29(2,3)38-28(37)32-21-30(23-11-7-12-24(31)19-23)16-14-25(15-17-30)35(20-22-9-5-4-6-10-22)27(36)26-13-8-18-33-34-26/h4-13,18-19,25H,14-17,20-21H2,1-3H3,(H,32,37)/t25-,30-. The van der Waals surface area contributed by atoms with E-state index in [2.05, 4.69) is 21.6 Å². The van der Waals surface area contributed by atoms with Crippen LogP contribution in [0.3, 0.4) is 0 Å². The van der Waals surface area contributed by atoms with Crippen molar-refractivity contribution in [1.82, 2.24) is 20.4 Å². The second-order valence-corrected chi connectivity index (χ2v) is 11.3. The third kappa shape index (κ3) is 7.10. The topological polar surface area (TPSA) is 84.4 Å². The zero-order chi connectivity index (χ0) is 27.2. The summed E-state index contributed by atoms with van der Waals surface area (Å²) in [6.07, 6.45) is 4.20. The molecule has 8 heteroatoms. The zero-order valence-corrected chi connectivity index (χ0v) is 22.9. The predicted molar refractivity (Wildman–Crippen MR) is 148 cm³/mol. The molecule has 1 fully saturated rings. The number of alkyl carbamates (subject to hydrolysis) is 1. The van der Waals surface area contributed by atoms with E-state index in [4.69, 9.17) is 16.3 Å². The Morgan fingerprint density at radius 2 is 1.79 bits per heavy atom. The van der Waals surface area contributed by atoms with Crippen molar-refractivity contribution in [3.05, 3.63) is 94.8 Å². The summed E-state index contributed by atoms with van der Waals surface area (Å²) in [7, 11) is 0. The van der Waals surface area contributed by atoms with E-state index in [1.54, 1.807) is 18.3 Å². The molecule has 1 heterocycles. The van der Waals surface area contributed by atoms with Crippen molar-refractivity contribution in [2.24, 2.45) is 0 Å². The maximum Gasteiger partial charge on any atom is 0.407 e. The van der Waals surface area contributed by atoms with Gasteiger partial charge in [0.05, 0.1) is 0 Å². The summed E-state index contributed by atoms with van der Waals surface area (Å²) in [5.74, 6) is -0.130. The molecule has 0 aliphatic heterocycles. The molecule has 38 heavy (non-hydrogen) atoms. The number of aromatic nitrogens is 2. The quantitative estimate of drug-likeness (QED) is 0.391. The molecule has 2 amide bonds. The van der Waals surface area contributed by atoms with E-state index in [1.807, 2.05) is 74.2 Å². The molecule has 2 aromatic carbocycles. The van der Waals surface area contributed by atoms with E-state index in [-0.39, 0.29) is 17.4 Å². The maximum absolute atomic E-state index is 13.6. The van der Waals surface area contributed by atoms with Crippen LogP contribution < -0.4 is 5.32 Å². The Kier molecular flexibility index (Phi) is 8.67. The van der Waals surface area contributed by atoms with Crippen molar-refractivity contribution < 1.29 is 14.3 Å². The second-order valence-electron chi connectivity index (χ2n) is 10.9. The molecule has 4 rings (SSSR count). The molecule has 7 nitrogen and oxygen atoms in total. The van der Waals surface area contributed by atoms with E-state index in [9.17, 15) is 9.59 Å². The highest BCUT2D eigenvalue weighted by molar-refractivity contribution is 6.30. The van der Waals surface area contributed by atoms with E-state index in [0.29, 0.717) is 23.8 Å². The minimum atomic E-state index is -0.580. The maximum atomic E-state index is 13.6. The Morgan fingerprint density at radius 3 is 2.42 bits per heavy atom. The van der Waals surface area contributed by atoms with Crippen molar-refractivity contribution >= 4 is 23.6 Å². The summed E-state index contributed by atoms with van der Waals surface area (Å²) in [5, 5.41) is 11.7. The van der Waals surface area contributed by atoms with Gasteiger partial charge in [-0.15, -0.1) is 5.10 Å². The van der Waals surface area contributed by atoms with E-state index in [1.165, 1.54) is 0 Å². The van der Waals surface area contributed by atoms with Crippen LogP contribution in [0.2, 0.25) is 5.02 Å². The highest BCUT2D eigenvalue weighted by Gasteiger charge is 2.40. The molecule has 0 saturated heterocycles. The summed E-state index contributed by atoms with van der Waals surface area (Å²) in [6.45, 7) is 6.45. The first-order chi connectivity index (χ1) is 18.2. The fourth-order valence-corrected chi connectivity index (χ4v) is 5.31. The normalized spacial score (nSPS) is 19.4. The molecule has 3 aromatic rings. The first kappa shape index (κ1) is 27.6. The van der Waals surface area contributed by atoms with Gasteiger partial charge in [-0.2, -0.15) is 5.10 Å². The Morgan fingerprint density at radius 1 is 1.05 bits per heavy atom. The van der Waals surface area contributed by atoms with Gasteiger partial charge in [-0.25, -0.2) is 4.79 Å². The summed E-state index contributed by atoms with van der Waals surface area (Å²) in [5.41, 5.74) is 1.56. The van der Waals surface area contributed by atoms with Crippen molar-refractivity contribution in [2.45, 2.75) is 70.1 Å². The number of benzene rings is 2. The van der Waals surface area contributed by atoms with Crippen LogP contribution in [-0.2, 0) is 16.7 Å². The number of carbonyl (C=O) groups is 2. The van der Waals surface area contributed by atoms with Gasteiger partial charge in [-0.05, 0) is 81.8 Å². The molecule has 1 saturated carbocycles. The summed E-state index contributed by atoms with van der Waals surface area (Å²) in [6, 6.07) is 21.3. The van der Waals surface area contributed by atoms with Gasteiger partial charge in [0.25, 0.3) is 5.91 Å². The summed E-state index contributed by atoms with van der Waals surface area (Å²) in [4.78, 5) is 28.1. The van der Waals surface area contributed by atoms with Crippen molar-refractivity contribution in [3.8, 4) is 0 Å². The molecule has 200 valence electrons. The third-order valence-corrected chi connectivity index (χ3v) is 7.24. The number of nitrogens with one attached hydrogen (secondary N) is 1. The molecule has 0 spiro atoms. The van der Waals surface area contributed by atoms with Gasteiger partial charge >= 0.3 is 6.09 Å². The van der Waals surface area contributed by atoms with Gasteiger partial charge in [0, 0.05) is 35.8 Å². The molecule has 0 radical (unpaired) electrons. The fourth-order valence-electron chi connectivity index (χ4n) is 5.12. The van der Waals surface area contributed by atoms with Gasteiger partial charge in [-0.3, -0.25) is 4.79 Å². The lowest BCUT2D eigenvalue weighted by Crippen LogP contribution is -2.49. The molecule has 1 aromatic heterocycles. The lowest BCUT2D eigenvalue weighted by Gasteiger charge is -2.44. The van der Waals surface area contributed by atoms with E-state index >= 15 is 0 Å². The van der Waals surface area contributed by atoms with E-state index in [0.717, 1.165) is 36.8 Å². The fraction of sp³-hybridized carbons (Fsp3) is 0.400. The predicted octanol–water partition coefficient (Wildman–Crippen LogP) is 6.18. The van der Waals surface area contributed by atoms with Crippen LogP contribution in [0.1, 0.15) is 68.1 Å². The molecule has 0 bridgehead atoms. The Balaban J connectivity index is 1.56. The number of hydrogen-bond donors (Lipinski definition) is 1. The van der Waals surface area contributed by atoms with Crippen LogP contribution in [-0.4, -0.2) is 45.3 Å². The summed E-state index contributed by atoms with van der Waals surface area (Å²) >= 11 is 6.38. The molecule has 0 unspecified atom stereocenters. The van der Waals surface area contributed by atoms with Gasteiger partial charge in [0.15, 0.2) is 5.69 Å². The van der Waals surface area contributed by atoms with Crippen LogP contribution >= 0.6 is 11.6 Å². The lowest BCUT2D eigenvalue weighted by atomic mass is 9.67. The van der Waals surface area contributed by atoms with Crippen LogP contribution in [0.25, 0.3) is 0 Å². The number of halogens is 1. The van der Waals surface area contributed by atoms with Crippen LogP contribution in [0, 0.1) is 0 Å². The number of hydrogen-bond acceptors (Lipinski definition) is 5. The average Bonchev–Trinajstić information content (AvgIpc) is 2.91. The van der Waals surface area contributed by atoms with Crippen LogP contribution in [0.4, 0.5) is 4.79 Å². The number of ether oxygens (including phenoxy) is 1. The SMILES string of the molecule is CC(C)(C)OC(=O)NC[C@]1(c2cccc(Cl)c2)CC[C@H](N(Cc2ccccc2)C(=O)c2cccnn2)CC1. The molecule has 0 atom stereocenters. The summed E-state index contributed by atoms with van der Waals surface area (Å²) < 4.78 is 5.50. The van der Waals surface area contributed by atoms with Gasteiger partial charge in [0.2, 0.25) is 0 Å². The largest absolute Gasteiger partial charge is 0.444 e. The van der Waals surface area contributed by atoms with Crippen molar-refractivity contribution in [2.75, 3.05) is 6.54 Å². The highest BCUT2D eigenvalue weighted by Crippen LogP contribution is 2.41. The second kappa shape index (κ2) is 11.9. The highest BCUT2D eigenvalue weighted by atomic mass is 35.5. The first-order valence-electron chi connectivity index (χ1n) is 13.0. The van der Waals surface area contributed by atoms with Crippen LogP contribution in [0.5, 0.6) is 0 Å². The minimum Gasteiger partial charge on any atom is -0.444 e. The molecular formula is C30H35ClN4O3. The molecule has 1 aliphatic carbocycles. The van der Waals surface area contributed by atoms with Gasteiger partial charge < -0.3 is 15.0 Å². The number of carbonyl (C=O) groups excluding carboxylic acids is 2. The third-order valence-electron chi connectivity index (χ3n) is 7.01. The minimum absolute atomic E-state index is 0.0125. The van der Waals surface area contributed by atoms with Crippen molar-refractivity contribution in [1.29, 1.82) is 0 Å². The monoisotopic (exact) mass is 534 g/mol. The number of amides is 2. The Hall–Kier alpha value is -3.45. The van der Waals surface area contributed by atoms with Gasteiger partial charge in [0.1, 0.15) is 5.60 Å². The van der Waals surface area contributed by atoms with E-state index < -0.39 is 11.7 Å². The smallest absolute Gasteiger partial charge is 0.407 e. The van der Waals surface area contributed by atoms with Gasteiger partial charge in [-0.1, -0.05) is 54.1 Å². The number of rotatable bonds is 7. The first-order valence-corrected chi connectivity index (χ1v) is 13.4. The van der Waals surface area contributed by atoms with Crippen molar-refractivity contribution in [3.63, 3.8) is 0 Å². The van der Waals surface area contributed by atoms with Crippen LogP contribution in [0.15, 0.2) is 72.9 Å². The zero-order valence-electron chi connectivity index (χ0n) is 22.2. The Labute approximate surface area is 229 Å². The molecular weight excluding hydrogens is 500 g/mol. The lowest BCUT2D eigenvalue weighted by molar-refractivity contribution is 0.0483. The molecule has 1 N–H and O–H groups in total. The number of nitrogens with zero attached hydrogens (tertiary/aromatic N) is 3. The molecule has 1 aliphatic rings. The Bertz CT molecular complexity index is 1220.